The Bertz CT molecular complexity index is 2100. The summed E-state index contributed by atoms with van der Waals surface area (Å²) in [5.74, 6) is 0. The van der Waals surface area contributed by atoms with Crippen LogP contribution < -0.4 is 0 Å². The lowest BCUT2D eigenvalue weighted by atomic mass is 9.89. The van der Waals surface area contributed by atoms with Crippen LogP contribution in [0.4, 0.5) is 0 Å². The molecule has 5 aromatic carbocycles. The van der Waals surface area contributed by atoms with Gasteiger partial charge in [0.25, 0.3) is 0 Å². The van der Waals surface area contributed by atoms with Gasteiger partial charge in [-0.2, -0.15) is 10.4 Å². The van der Waals surface area contributed by atoms with Crippen molar-refractivity contribution in [1.29, 1.82) is 5.26 Å². The molecule has 6 aromatic rings. The van der Waals surface area contributed by atoms with Crippen LogP contribution in [0.3, 0.4) is 0 Å². The van der Waals surface area contributed by atoms with Crippen molar-refractivity contribution in [2.45, 2.75) is 63.4 Å². The summed E-state index contributed by atoms with van der Waals surface area (Å²) in [6.45, 7) is 1.69. The van der Waals surface area contributed by atoms with Gasteiger partial charge in [-0.3, -0.25) is 0 Å². The van der Waals surface area contributed by atoms with Crippen molar-refractivity contribution in [3.05, 3.63) is 201 Å². The predicted octanol–water partition coefficient (Wildman–Crippen LogP) is 9.01. The van der Waals surface area contributed by atoms with Crippen LogP contribution in [0.25, 0.3) is 0 Å². The van der Waals surface area contributed by atoms with Crippen LogP contribution in [0.1, 0.15) is 50.9 Å². The maximum absolute atomic E-state index is 9.22. The summed E-state index contributed by atoms with van der Waals surface area (Å²) < 4.78 is 34.1. The van der Waals surface area contributed by atoms with E-state index >= 15 is 0 Å². The molecule has 1 saturated heterocycles. The third kappa shape index (κ3) is 10.5. The van der Waals surface area contributed by atoms with Gasteiger partial charge in [-0.1, -0.05) is 145 Å². The van der Waals surface area contributed by atoms with E-state index in [2.05, 4.69) is 22.3 Å². The van der Waals surface area contributed by atoms with Crippen LogP contribution in [0.15, 0.2) is 152 Å². The molecular weight excluding hydrogens is 710 g/mol. The lowest BCUT2D eigenvalue weighted by Crippen LogP contribution is -2.58. The van der Waals surface area contributed by atoms with Gasteiger partial charge in [0.05, 0.1) is 38.7 Å². The summed E-state index contributed by atoms with van der Waals surface area (Å²) >= 11 is 6.81. The van der Waals surface area contributed by atoms with E-state index in [0.717, 1.165) is 33.4 Å². The number of nitrogens with zero attached hydrogens (tertiary/aromatic N) is 3. The lowest BCUT2D eigenvalue weighted by molar-refractivity contribution is -0.275. The van der Waals surface area contributed by atoms with Gasteiger partial charge in [0.15, 0.2) is 5.69 Å². The minimum atomic E-state index is -0.598. The van der Waals surface area contributed by atoms with Gasteiger partial charge in [-0.25, -0.2) is 0 Å². The molecule has 1 fully saturated rings. The number of ether oxygens (including phenoxy) is 5. The van der Waals surface area contributed by atoms with Crippen molar-refractivity contribution in [3.63, 3.8) is 0 Å². The zero-order valence-electron chi connectivity index (χ0n) is 30.3. The Kier molecular flexibility index (Phi) is 13.4. The number of benzene rings is 5. The van der Waals surface area contributed by atoms with Crippen molar-refractivity contribution < 1.29 is 23.7 Å². The first-order valence-corrected chi connectivity index (χ1v) is 18.8. The second-order valence-corrected chi connectivity index (χ2v) is 13.8. The molecule has 2 heterocycles. The predicted molar refractivity (Wildman–Crippen MR) is 210 cm³/mol. The average molecular weight is 752 g/mol. The molecule has 0 amide bonds. The van der Waals surface area contributed by atoms with Crippen LogP contribution in [0.2, 0.25) is 5.02 Å². The Hall–Kier alpha value is -5.24. The van der Waals surface area contributed by atoms with E-state index < -0.39 is 30.5 Å². The number of halogens is 1. The van der Waals surface area contributed by atoms with E-state index in [4.69, 9.17) is 35.3 Å². The van der Waals surface area contributed by atoms with E-state index in [-0.39, 0.29) is 12.3 Å². The Morgan fingerprint density at radius 2 is 1.11 bits per heavy atom. The molecule has 1 aromatic heterocycles. The van der Waals surface area contributed by atoms with E-state index in [9.17, 15) is 5.26 Å². The molecule has 8 nitrogen and oxygen atoms in total. The molecule has 1 aliphatic heterocycles. The second kappa shape index (κ2) is 19.4. The van der Waals surface area contributed by atoms with Crippen molar-refractivity contribution in [2.75, 3.05) is 6.61 Å². The molecule has 9 heteroatoms. The van der Waals surface area contributed by atoms with E-state index in [1.807, 2.05) is 133 Å². The fourth-order valence-electron chi connectivity index (χ4n) is 6.67. The molecule has 0 saturated carbocycles. The minimum Gasteiger partial charge on any atom is -0.374 e. The van der Waals surface area contributed by atoms with Crippen LogP contribution >= 0.6 is 11.6 Å². The monoisotopic (exact) mass is 751 g/mol. The number of nitriles is 1. The molecule has 278 valence electrons. The number of hydrogen-bond acceptors (Lipinski definition) is 8. The summed E-state index contributed by atoms with van der Waals surface area (Å²) in [6, 6.07) is 51.7. The summed E-state index contributed by atoms with van der Waals surface area (Å²) in [5, 5.41) is 18.1. The van der Waals surface area contributed by atoms with Gasteiger partial charge >= 0.3 is 0 Å². The van der Waals surface area contributed by atoms with Crippen LogP contribution in [0, 0.1) is 11.3 Å². The molecule has 0 aliphatic carbocycles. The van der Waals surface area contributed by atoms with Gasteiger partial charge in [0, 0.05) is 11.4 Å². The van der Waals surface area contributed by atoms with Crippen molar-refractivity contribution in [3.8, 4) is 6.07 Å². The van der Waals surface area contributed by atoms with Gasteiger partial charge in [-0.15, -0.1) is 5.10 Å². The minimum absolute atomic E-state index is 0.253. The zero-order chi connectivity index (χ0) is 37.7. The number of rotatable bonds is 16. The third-order valence-electron chi connectivity index (χ3n) is 9.49. The number of aromatic nitrogens is 2. The average Bonchev–Trinajstić information content (AvgIpc) is 3.24. The van der Waals surface area contributed by atoms with Gasteiger partial charge in [0.2, 0.25) is 0 Å². The van der Waals surface area contributed by atoms with Gasteiger partial charge < -0.3 is 23.7 Å². The van der Waals surface area contributed by atoms with E-state index in [0.29, 0.717) is 43.6 Å². The molecule has 5 atom stereocenters. The molecule has 55 heavy (non-hydrogen) atoms. The molecular formula is C46H42ClN3O5. The van der Waals surface area contributed by atoms with E-state index in [1.54, 1.807) is 12.1 Å². The second-order valence-electron chi connectivity index (χ2n) is 13.4. The fourth-order valence-corrected chi connectivity index (χ4v) is 6.86. The summed E-state index contributed by atoms with van der Waals surface area (Å²) in [4.78, 5) is 0. The topological polar surface area (TPSA) is 95.7 Å². The summed E-state index contributed by atoms with van der Waals surface area (Å²) in [5.41, 5.74) is 6.79. The molecule has 0 radical (unpaired) electrons. The Morgan fingerprint density at radius 1 is 0.582 bits per heavy atom. The molecule has 0 spiro atoms. The largest absolute Gasteiger partial charge is 0.374 e. The Balaban J connectivity index is 1.26. The Morgan fingerprint density at radius 3 is 1.64 bits per heavy atom. The highest BCUT2D eigenvalue weighted by atomic mass is 35.5. The van der Waals surface area contributed by atoms with Crippen molar-refractivity contribution >= 4 is 11.6 Å². The molecule has 0 N–H and O–H groups in total. The molecule has 7 rings (SSSR count). The smallest absolute Gasteiger partial charge is 0.163 e. The quantitative estimate of drug-likeness (QED) is 0.0968. The zero-order valence-corrected chi connectivity index (χ0v) is 31.1. The first-order chi connectivity index (χ1) is 27.1. The first-order valence-electron chi connectivity index (χ1n) is 18.4. The van der Waals surface area contributed by atoms with Crippen LogP contribution in [0.5, 0.6) is 0 Å². The Labute approximate surface area is 327 Å². The van der Waals surface area contributed by atoms with Gasteiger partial charge in [0.1, 0.15) is 36.6 Å². The van der Waals surface area contributed by atoms with Crippen LogP contribution in [-0.2, 0) is 56.5 Å². The highest BCUT2D eigenvalue weighted by Crippen LogP contribution is 2.40. The highest BCUT2D eigenvalue weighted by molar-refractivity contribution is 6.31. The van der Waals surface area contributed by atoms with Gasteiger partial charge in [-0.05, 0) is 51.6 Å². The fraction of sp³-hybridized carbons (Fsp3) is 0.239. The third-order valence-corrected chi connectivity index (χ3v) is 9.86. The summed E-state index contributed by atoms with van der Waals surface area (Å²) in [6.07, 6.45) is -2.43. The SMILES string of the molecule is N#Cc1ccc(Cc2cc([C@@H]3O[C@H](COCc4ccccc4)[C@@H](OCc4ccccc4)[C@H](OCc4ccccc4)[C@H]3OCc3ccccc3)ccc2Cl)nn1. The lowest BCUT2D eigenvalue weighted by Gasteiger charge is -2.46. The standard InChI is InChI=1S/C46H42ClN3O5/c47-41-24-21-37(25-38(41)26-39-22-23-40(27-48)50-49-39)43-45(53-30-35-17-9-3-10-18-35)46(54-31-36-19-11-4-12-20-36)44(52-29-34-15-7-2-8-16-34)42(55-43)32-51-28-33-13-5-1-6-14-33/h1-25,42-46H,26,28-32H2/t42-,43+,44-,45+,46+/m1/s1. The molecule has 0 unspecified atom stereocenters. The maximum Gasteiger partial charge on any atom is 0.163 e. The van der Waals surface area contributed by atoms with Crippen molar-refractivity contribution in [1.82, 2.24) is 10.2 Å². The highest BCUT2D eigenvalue weighted by Gasteiger charge is 2.49. The van der Waals surface area contributed by atoms with E-state index in [1.165, 1.54) is 0 Å². The normalized spacial score (nSPS) is 19.5. The van der Waals surface area contributed by atoms with Crippen LogP contribution in [-0.4, -0.2) is 41.2 Å². The maximum atomic E-state index is 9.22. The molecule has 1 aliphatic rings. The molecule has 0 bridgehead atoms. The van der Waals surface area contributed by atoms with Crippen molar-refractivity contribution in [2.24, 2.45) is 0 Å². The summed E-state index contributed by atoms with van der Waals surface area (Å²) in [7, 11) is 0. The first kappa shape index (κ1) is 38.1. The number of hydrogen-bond donors (Lipinski definition) is 0.